The third-order valence-corrected chi connectivity index (χ3v) is 4.12. The zero-order valence-corrected chi connectivity index (χ0v) is 12.3. The SMILES string of the molecule is O=C(Nc1ccc(F)c(Br)c1)c1csc(Br)c1. The summed E-state index contributed by atoms with van der Waals surface area (Å²) in [5.74, 6) is -0.577. The van der Waals surface area contributed by atoms with Crippen LogP contribution in [0.2, 0.25) is 0 Å². The molecule has 0 fully saturated rings. The molecule has 1 amide bonds. The van der Waals surface area contributed by atoms with Gasteiger partial charge in [0.15, 0.2) is 0 Å². The third kappa shape index (κ3) is 3.14. The monoisotopic (exact) mass is 377 g/mol. The summed E-state index contributed by atoms with van der Waals surface area (Å²) in [5, 5.41) is 4.44. The standard InChI is InChI=1S/C11H6Br2FNOS/c12-8-4-7(1-2-9(8)14)15-11(16)6-3-10(13)17-5-6/h1-5H,(H,15,16). The number of hydrogen-bond acceptors (Lipinski definition) is 2. The predicted molar refractivity (Wildman–Crippen MR) is 74.1 cm³/mol. The van der Waals surface area contributed by atoms with Gasteiger partial charge in [-0.2, -0.15) is 0 Å². The van der Waals surface area contributed by atoms with E-state index in [2.05, 4.69) is 37.2 Å². The number of thiophene rings is 1. The average molecular weight is 379 g/mol. The van der Waals surface area contributed by atoms with E-state index < -0.39 is 0 Å². The van der Waals surface area contributed by atoms with E-state index in [0.717, 1.165) is 3.79 Å². The first-order valence-corrected chi connectivity index (χ1v) is 7.03. The molecule has 0 aliphatic carbocycles. The highest BCUT2D eigenvalue weighted by atomic mass is 79.9. The molecule has 2 nitrogen and oxygen atoms in total. The quantitative estimate of drug-likeness (QED) is 0.808. The molecule has 2 rings (SSSR count). The van der Waals surface area contributed by atoms with Gasteiger partial charge in [-0.3, -0.25) is 4.79 Å². The zero-order valence-electron chi connectivity index (χ0n) is 8.34. The second-order valence-electron chi connectivity index (χ2n) is 3.22. The maximum Gasteiger partial charge on any atom is 0.256 e. The van der Waals surface area contributed by atoms with E-state index in [0.29, 0.717) is 15.7 Å². The molecule has 2 aromatic rings. The second kappa shape index (κ2) is 5.29. The smallest absolute Gasteiger partial charge is 0.256 e. The van der Waals surface area contributed by atoms with Crippen molar-refractivity contribution < 1.29 is 9.18 Å². The van der Waals surface area contributed by atoms with Gasteiger partial charge in [-0.1, -0.05) is 0 Å². The minimum Gasteiger partial charge on any atom is -0.322 e. The van der Waals surface area contributed by atoms with E-state index in [-0.39, 0.29) is 11.7 Å². The Morgan fingerprint density at radius 1 is 1.29 bits per heavy atom. The maximum absolute atomic E-state index is 13.0. The molecule has 0 saturated carbocycles. The van der Waals surface area contributed by atoms with E-state index in [1.807, 2.05) is 0 Å². The van der Waals surface area contributed by atoms with Crippen LogP contribution in [0.5, 0.6) is 0 Å². The Hall–Kier alpha value is -0.720. The van der Waals surface area contributed by atoms with E-state index in [1.54, 1.807) is 11.4 Å². The number of carbonyl (C=O) groups is 1. The van der Waals surface area contributed by atoms with Gasteiger partial charge in [0.1, 0.15) is 5.82 Å². The van der Waals surface area contributed by atoms with E-state index in [1.165, 1.54) is 29.5 Å². The van der Waals surface area contributed by atoms with Crippen molar-refractivity contribution in [1.29, 1.82) is 0 Å². The molecule has 0 saturated heterocycles. The topological polar surface area (TPSA) is 29.1 Å². The van der Waals surface area contributed by atoms with Crippen LogP contribution in [0, 0.1) is 5.82 Å². The number of anilines is 1. The predicted octanol–water partition coefficient (Wildman–Crippen LogP) is 4.66. The number of rotatable bonds is 2. The van der Waals surface area contributed by atoms with Crippen molar-refractivity contribution in [2.24, 2.45) is 0 Å². The van der Waals surface area contributed by atoms with Gasteiger partial charge in [-0.05, 0) is 56.1 Å². The summed E-state index contributed by atoms with van der Waals surface area (Å²) >= 11 is 7.79. The molecule has 0 bridgehead atoms. The summed E-state index contributed by atoms with van der Waals surface area (Å²) in [6.07, 6.45) is 0. The lowest BCUT2D eigenvalue weighted by atomic mass is 10.2. The fraction of sp³-hybridized carbons (Fsp3) is 0. The van der Waals surface area contributed by atoms with E-state index in [9.17, 15) is 9.18 Å². The molecule has 0 aliphatic rings. The van der Waals surface area contributed by atoms with Crippen molar-refractivity contribution in [3.63, 3.8) is 0 Å². The number of nitrogens with one attached hydrogen (secondary N) is 1. The minimum atomic E-state index is -0.360. The lowest BCUT2D eigenvalue weighted by Gasteiger charge is -2.04. The number of benzene rings is 1. The van der Waals surface area contributed by atoms with Crippen molar-refractivity contribution in [1.82, 2.24) is 0 Å². The lowest BCUT2D eigenvalue weighted by molar-refractivity contribution is 0.102. The minimum absolute atomic E-state index is 0.217. The van der Waals surface area contributed by atoms with E-state index in [4.69, 9.17) is 0 Å². The highest BCUT2D eigenvalue weighted by Crippen LogP contribution is 2.23. The van der Waals surface area contributed by atoms with Crippen LogP contribution >= 0.6 is 43.2 Å². The molecule has 0 atom stereocenters. The Kier molecular flexibility index (Phi) is 3.96. The Labute approximate surface area is 118 Å². The largest absolute Gasteiger partial charge is 0.322 e. The molecular weight excluding hydrogens is 373 g/mol. The lowest BCUT2D eigenvalue weighted by Crippen LogP contribution is -2.10. The molecular formula is C11H6Br2FNOS. The first-order chi connectivity index (χ1) is 8.06. The Morgan fingerprint density at radius 2 is 2.06 bits per heavy atom. The summed E-state index contributed by atoms with van der Waals surface area (Å²) in [6.45, 7) is 0. The Balaban J connectivity index is 2.15. The molecule has 0 aliphatic heterocycles. The molecule has 17 heavy (non-hydrogen) atoms. The van der Waals surface area contributed by atoms with Gasteiger partial charge in [0.05, 0.1) is 13.8 Å². The molecule has 1 aromatic carbocycles. The van der Waals surface area contributed by atoms with Crippen molar-refractivity contribution in [2.45, 2.75) is 0 Å². The van der Waals surface area contributed by atoms with Gasteiger partial charge in [0.2, 0.25) is 0 Å². The van der Waals surface area contributed by atoms with Crippen LogP contribution in [0.4, 0.5) is 10.1 Å². The van der Waals surface area contributed by atoms with Gasteiger partial charge in [-0.15, -0.1) is 11.3 Å². The molecule has 1 aromatic heterocycles. The van der Waals surface area contributed by atoms with Gasteiger partial charge < -0.3 is 5.32 Å². The van der Waals surface area contributed by atoms with Crippen LogP contribution < -0.4 is 5.32 Å². The maximum atomic E-state index is 13.0. The van der Waals surface area contributed by atoms with Crippen molar-refractivity contribution >= 4 is 54.8 Å². The highest BCUT2D eigenvalue weighted by Gasteiger charge is 2.09. The van der Waals surface area contributed by atoms with Crippen LogP contribution in [0.15, 0.2) is 37.9 Å². The molecule has 88 valence electrons. The van der Waals surface area contributed by atoms with Gasteiger partial charge >= 0.3 is 0 Å². The number of hydrogen-bond donors (Lipinski definition) is 1. The summed E-state index contributed by atoms with van der Waals surface area (Å²) in [7, 11) is 0. The second-order valence-corrected chi connectivity index (χ2v) is 6.37. The number of amides is 1. The Bertz CT molecular complexity index is 570. The summed E-state index contributed by atoms with van der Waals surface area (Å²) in [5.41, 5.74) is 1.12. The molecule has 1 heterocycles. The fourth-order valence-electron chi connectivity index (χ4n) is 1.21. The first kappa shape index (κ1) is 12.7. The molecule has 6 heteroatoms. The van der Waals surface area contributed by atoms with Crippen LogP contribution in [0.1, 0.15) is 10.4 Å². The first-order valence-electron chi connectivity index (χ1n) is 4.56. The highest BCUT2D eigenvalue weighted by molar-refractivity contribution is 9.11. The Morgan fingerprint density at radius 3 is 2.65 bits per heavy atom. The summed E-state index contributed by atoms with van der Waals surface area (Å²) in [6, 6.07) is 6.07. The van der Waals surface area contributed by atoms with Crippen molar-refractivity contribution in [2.75, 3.05) is 5.32 Å². The molecule has 1 N–H and O–H groups in total. The summed E-state index contributed by atoms with van der Waals surface area (Å²) in [4.78, 5) is 11.8. The molecule has 0 spiro atoms. The fourth-order valence-corrected chi connectivity index (χ4v) is 2.72. The van der Waals surface area contributed by atoms with Crippen LogP contribution in [0.25, 0.3) is 0 Å². The van der Waals surface area contributed by atoms with Crippen LogP contribution in [-0.4, -0.2) is 5.91 Å². The van der Waals surface area contributed by atoms with Crippen LogP contribution in [0.3, 0.4) is 0 Å². The van der Waals surface area contributed by atoms with Crippen LogP contribution in [-0.2, 0) is 0 Å². The zero-order chi connectivity index (χ0) is 12.4. The third-order valence-electron chi connectivity index (χ3n) is 2.01. The van der Waals surface area contributed by atoms with Gasteiger partial charge in [0.25, 0.3) is 5.91 Å². The average Bonchev–Trinajstić information content (AvgIpc) is 2.70. The normalized spacial score (nSPS) is 10.3. The van der Waals surface area contributed by atoms with Gasteiger partial charge in [0, 0.05) is 11.1 Å². The van der Waals surface area contributed by atoms with Crippen molar-refractivity contribution in [3.05, 3.63) is 49.3 Å². The van der Waals surface area contributed by atoms with Crippen molar-refractivity contribution in [3.8, 4) is 0 Å². The summed E-state index contributed by atoms with van der Waals surface area (Å²) < 4.78 is 14.2. The number of halogens is 3. The molecule has 0 unspecified atom stereocenters. The number of carbonyl (C=O) groups excluding carboxylic acids is 1. The van der Waals surface area contributed by atoms with Gasteiger partial charge in [-0.25, -0.2) is 4.39 Å². The molecule has 0 radical (unpaired) electrons. The van der Waals surface area contributed by atoms with E-state index >= 15 is 0 Å².